The number of H-pyrrole nitrogens is 1. The summed E-state index contributed by atoms with van der Waals surface area (Å²) in [5, 5.41) is 0. The molecule has 1 nitrogen and oxygen atoms in total. The van der Waals surface area contributed by atoms with Gasteiger partial charge >= 0.3 is 0 Å². The van der Waals surface area contributed by atoms with E-state index in [0.29, 0.717) is 0 Å². The molecule has 1 N–H and O–H groups in total. The van der Waals surface area contributed by atoms with Crippen molar-refractivity contribution in [1.29, 1.82) is 0 Å². The minimum absolute atomic E-state index is 0.978. The molecule has 1 heterocycles. The van der Waals surface area contributed by atoms with Gasteiger partial charge in [0.15, 0.2) is 0 Å². The molecule has 0 bridgehead atoms. The van der Waals surface area contributed by atoms with Gasteiger partial charge in [0.2, 0.25) is 0 Å². The first-order valence-electron chi connectivity index (χ1n) is 5.86. The van der Waals surface area contributed by atoms with Gasteiger partial charge in [-0.2, -0.15) is 0 Å². The van der Waals surface area contributed by atoms with Crippen molar-refractivity contribution in [2.45, 2.75) is 34.1 Å². The molecule has 0 saturated carbocycles. The summed E-state index contributed by atoms with van der Waals surface area (Å²) in [5.74, 6) is 0. The van der Waals surface area contributed by atoms with E-state index in [9.17, 15) is 0 Å². The van der Waals surface area contributed by atoms with Gasteiger partial charge in [0, 0.05) is 23.0 Å². The van der Waals surface area contributed by atoms with Gasteiger partial charge in [-0.05, 0) is 18.9 Å². The van der Waals surface area contributed by atoms with Crippen molar-refractivity contribution in [3.05, 3.63) is 48.3 Å². The van der Waals surface area contributed by atoms with Crippen LogP contribution < -0.4 is 0 Å². The molecule has 0 aliphatic rings. The Balaban J connectivity index is 0.00000106. The van der Waals surface area contributed by atoms with Crippen LogP contribution in [0.25, 0.3) is 11.6 Å². The van der Waals surface area contributed by atoms with Crippen molar-refractivity contribution in [2.24, 2.45) is 0 Å². The largest absolute Gasteiger partial charge is 0.364 e. The number of allylic oxidation sites excluding steroid dienone is 3. The predicted molar refractivity (Wildman–Crippen MR) is 75.4 cm³/mol. The van der Waals surface area contributed by atoms with Gasteiger partial charge in [-0.3, -0.25) is 0 Å². The summed E-state index contributed by atoms with van der Waals surface area (Å²) >= 11 is 0. The van der Waals surface area contributed by atoms with E-state index in [-0.39, 0.29) is 0 Å². The molecular weight excluding hydrogens is 194 g/mol. The summed E-state index contributed by atoms with van der Waals surface area (Å²) in [5.41, 5.74) is 4.77. The number of hydrogen-bond donors (Lipinski definition) is 1. The first kappa shape index (κ1) is 14.5. The fourth-order valence-corrected chi connectivity index (χ4v) is 1.40. The number of aromatic nitrogens is 1. The van der Waals surface area contributed by atoms with E-state index in [1.54, 1.807) is 6.08 Å². The molecule has 1 rings (SSSR count). The molecule has 0 radical (unpaired) electrons. The van der Waals surface area contributed by atoms with Crippen LogP contribution in [0.2, 0.25) is 0 Å². The van der Waals surface area contributed by atoms with Crippen molar-refractivity contribution in [3.63, 3.8) is 0 Å². The van der Waals surface area contributed by atoms with Crippen molar-refractivity contribution in [2.75, 3.05) is 0 Å². The molecule has 88 valence electrons. The van der Waals surface area contributed by atoms with Crippen LogP contribution >= 0.6 is 0 Å². The third-order valence-corrected chi connectivity index (χ3v) is 2.33. The van der Waals surface area contributed by atoms with Gasteiger partial charge < -0.3 is 4.98 Å². The quantitative estimate of drug-likeness (QED) is 0.685. The lowest BCUT2D eigenvalue weighted by Crippen LogP contribution is -1.82. The Morgan fingerprint density at radius 3 is 2.56 bits per heavy atom. The maximum Gasteiger partial charge on any atom is 0.0195 e. The second-order valence-electron chi connectivity index (χ2n) is 3.29. The maximum atomic E-state index is 4.05. The summed E-state index contributed by atoms with van der Waals surface area (Å²) in [4.78, 5) is 3.21. The lowest BCUT2D eigenvalue weighted by Gasteiger charge is -2.01. The highest BCUT2D eigenvalue weighted by atomic mass is 14.7. The Labute approximate surface area is 99.6 Å². The predicted octanol–water partition coefficient (Wildman–Crippen LogP) is 4.97. The summed E-state index contributed by atoms with van der Waals surface area (Å²) in [6.45, 7) is 15.9. The molecule has 1 aromatic heterocycles. The number of rotatable bonds is 4. The monoisotopic (exact) mass is 217 g/mol. The second-order valence-corrected chi connectivity index (χ2v) is 3.29. The number of hydrogen-bond acceptors (Lipinski definition) is 0. The normalized spacial score (nSPS) is 9.75. The molecule has 1 aromatic rings. The van der Waals surface area contributed by atoms with E-state index < -0.39 is 0 Å². The Bertz CT molecular complexity index is 367. The molecule has 0 unspecified atom stereocenters. The first-order chi connectivity index (χ1) is 7.70. The van der Waals surface area contributed by atoms with Crippen molar-refractivity contribution < 1.29 is 0 Å². The van der Waals surface area contributed by atoms with E-state index in [0.717, 1.165) is 12.0 Å². The molecule has 0 amide bonds. The van der Waals surface area contributed by atoms with Crippen molar-refractivity contribution >= 4 is 11.6 Å². The van der Waals surface area contributed by atoms with E-state index >= 15 is 0 Å². The Morgan fingerprint density at radius 2 is 2.06 bits per heavy atom. The van der Waals surface area contributed by atoms with E-state index in [1.807, 2.05) is 26.1 Å². The summed E-state index contributed by atoms with van der Waals surface area (Å²) in [7, 11) is 0. The van der Waals surface area contributed by atoms with Crippen LogP contribution in [0.1, 0.15) is 44.0 Å². The number of nitrogens with one attached hydrogen (secondary N) is 1. The molecule has 0 spiro atoms. The molecule has 16 heavy (non-hydrogen) atoms. The average Bonchev–Trinajstić information content (AvgIpc) is 2.69. The van der Waals surface area contributed by atoms with Crippen LogP contribution in [0.3, 0.4) is 0 Å². The Kier molecular flexibility index (Phi) is 7.02. The van der Waals surface area contributed by atoms with Crippen LogP contribution in [0.4, 0.5) is 0 Å². The third-order valence-electron chi connectivity index (χ3n) is 2.33. The Morgan fingerprint density at radius 1 is 1.44 bits per heavy atom. The Hall–Kier alpha value is -1.50. The zero-order valence-electron chi connectivity index (χ0n) is 10.9. The smallest absolute Gasteiger partial charge is 0.0195 e. The lowest BCUT2D eigenvalue weighted by atomic mass is 10.0. The van der Waals surface area contributed by atoms with Gasteiger partial charge in [-0.1, -0.05) is 52.2 Å². The standard InChI is InChI=1S/C13H17N.C2H6/c1-5-7-8-12-11(4)14-9-13(12)10(3)6-2;1-2/h5,7-9,14H,1,3,6H2,2,4H3;1-2H3/b8-7-;. The molecular formula is C15H23N. The van der Waals surface area contributed by atoms with Gasteiger partial charge in [-0.15, -0.1) is 0 Å². The van der Waals surface area contributed by atoms with Crippen LogP contribution in [0, 0.1) is 6.92 Å². The molecule has 0 atom stereocenters. The second kappa shape index (κ2) is 7.75. The zero-order valence-corrected chi connectivity index (χ0v) is 10.9. The van der Waals surface area contributed by atoms with Gasteiger partial charge in [-0.25, -0.2) is 0 Å². The molecule has 0 fully saturated rings. The van der Waals surface area contributed by atoms with E-state index in [4.69, 9.17) is 0 Å². The van der Waals surface area contributed by atoms with Crippen LogP contribution in [0.5, 0.6) is 0 Å². The summed E-state index contributed by atoms with van der Waals surface area (Å²) in [6.07, 6.45) is 8.79. The highest BCUT2D eigenvalue weighted by Gasteiger charge is 2.06. The zero-order chi connectivity index (χ0) is 12.6. The molecule has 1 heteroatoms. The van der Waals surface area contributed by atoms with Gasteiger partial charge in [0.25, 0.3) is 0 Å². The summed E-state index contributed by atoms with van der Waals surface area (Å²) in [6, 6.07) is 0. The molecule has 0 aliphatic heterocycles. The first-order valence-corrected chi connectivity index (χ1v) is 5.86. The van der Waals surface area contributed by atoms with E-state index in [1.165, 1.54) is 16.8 Å². The maximum absolute atomic E-state index is 4.05. The average molecular weight is 217 g/mol. The van der Waals surface area contributed by atoms with Gasteiger partial charge in [0.1, 0.15) is 0 Å². The SMILES string of the molecule is C=C/C=C\c1c(C(=C)CC)c[nH]c1C.CC. The van der Waals surface area contributed by atoms with Crippen molar-refractivity contribution in [3.8, 4) is 0 Å². The van der Waals surface area contributed by atoms with E-state index in [2.05, 4.69) is 38.1 Å². The fraction of sp³-hybridized carbons (Fsp3) is 0.333. The van der Waals surface area contributed by atoms with Crippen LogP contribution in [-0.4, -0.2) is 4.98 Å². The summed E-state index contributed by atoms with van der Waals surface area (Å²) < 4.78 is 0. The highest BCUT2D eigenvalue weighted by molar-refractivity contribution is 5.74. The molecule has 0 aliphatic carbocycles. The lowest BCUT2D eigenvalue weighted by molar-refractivity contribution is 1.24. The minimum atomic E-state index is 0.978. The highest BCUT2D eigenvalue weighted by Crippen LogP contribution is 2.24. The van der Waals surface area contributed by atoms with Crippen molar-refractivity contribution in [1.82, 2.24) is 4.98 Å². The third kappa shape index (κ3) is 3.58. The van der Waals surface area contributed by atoms with Gasteiger partial charge in [0.05, 0.1) is 0 Å². The number of aryl methyl sites for hydroxylation is 1. The molecule has 0 saturated heterocycles. The topological polar surface area (TPSA) is 15.8 Å². The fourth-order valence-electron chi connectivity index (χ4n) is 1.40. The van der Waals surface area contributed by atoms with Crippen LogP contribution in [-0.2, 0) is 0 Å². The van der Waals surface area contributed by atoms with Crippen LogP contribution in [0.15, 0.2) is 31.5 Å². The minimum Gasteiger partial charge on any atom is -0.364 e. The molecule has 0 aromatic carbocycles. The number of aromatic amines is 1.